The fourth-order valence-electron chi connectivity index (χ4n) is 2.44. The van der Waals surface area contributed by atoms with Gasteiger partial charge in [-0.2, -0.15) is 0 Å². The normalized spacial score (nSPS) is 13.8. The Bertz CT molecular complexity index is 539. The molecule has 1 heterocycles. The standard InChI is InChI=1S/C16H20N2OS/c1-2-10-16(15(17)19,13-7-4-3-5-8-13)18-12-14-9-6-11-20-14/h3-9,11,18H,2,10,12H2,1H3,(H2,17,19). The van der Waals surface area contributed by atoms with Crippen LogP contribution in [0.15, 0.2) is 47.8 Å². The summed E-state index contributed by atoms with van der Waals surface area (Å²) in [6, 6.07) is 13.8. The maximum Gasteiger partial charge on any atom is 0.242 e. The Labute approximate surface area is 123 Å². The van der Waals surface area contributed by atoms with Gasteiger partial charge < -0.3 is 5.73 Å². The molecule has 2 rings (SSSR count). The van der Waals surface area contributed by atoms with Crippen LogP contribution in [0, 0.1) is 0 Å². The molecular formula is C16H20N2OS. The molecule has 1 unspecified atom stereocenters. The van der Waals surface area contributed by atoms with Crippen molar-refractivity contribution >= 4 is 17.2 Å². The van der Waals surface area contributed by atoms with Gasteiger partial charge in [0.05, 0.1) is 0 Å². The fourth-order valence-corrected chi connectivity index (χ4v) is 3.08. The lowest BCUT2D eigenvalue weighted by Crippen LogP contribution is -2.52. The molecule has 0 spiro atoms. The van der Waals surface area contributed by atoms with Gasteiger partial charge in [-0.15, -0.1) is 11.3 Å². The number of hydrogen-bond donors (Lipinski definition) is 2. The lowest BCUT2D eigenvalue weighted by Gasteiger charge is -2.32. The molecule has 0 saturated heterocycles. The third-order valence-electron chi connectivity index (χ3n) is 3.46. The number of carbonyl (C=O) groups is 1. The van der Waals surface area contributed by atoms with E-state index in [1.165, 1.54) is 4.88 Å². The van der Waals surface area contributed by atoms with Crippen LogP contribution in [0.3, 0.4) is 0 Å². The van der Waals surface area contributed by atoms with Crippen molar-refractivity contribution in [3.8, 4) is 0 Å². The van der Waals surface area contributed by atoms with Crippen molar-refractivity contribution in [3.05, 3.63) is 58.3 Å². The number of amides is 1. The molecule has 0 bridgehead atoms. The summed E-state index contributed by atoms with van der Waals surface area (Å²) in [5.74, 6) is -0.317. The summed E-state index contributed by atoms with van der Waals surface area (Å²) in [6.45, 7) is 2.71. The minimum Gasteiger partial charge on any atom is -0.368 e. The molecule has 0 aliphatic carbocycles. The van der Waals surface area contributed by atoms with Crippen LogP contribution >= 0.6 is 11.3 Å². The molecule has 0 saturated carbocycles. The monoisotopic (exact) mass is 288 g/mol. The third kappa shape index (κ3) is 3.08. The van der Waals surface area contributed by atoms with Crippen molar-refractivity contribution < 1.29 is 4.79 Å². The van der Waals surface area contributed by atoms with Gasteiger partial charge in [-0.25, -0.2) is 0 Å². The molecule has 20 heavy (non-hydrogen) atoms. The van der Waals surface area contributed by atoms with E-state index in [2.05, 4.69) is 18.3 Å². The highest BCUT2D eigenvalue weighted by molar-refractivity contribution is 7.09. The van der Waals surface area contributed by atoms with Crippen molar-refractivity contribution in [2.75, 3.05) is 0 Å². The van der Waals surface area contributed by atoms with Crippen LogP contribution in [-0.2, 0) is 16.9 Å². The fraction of sp³-hybridized carbons (Fsp3) is 0.312. The largest absolute Gasteiger partial charge is 0.368 e. The van der Waals surface area contributed by atoms with Crippen LogP contribution in [0.1, 0.15) is 30.2 Å². The number of hydrogen-bond acceptors (Lipinski definition) is 3. The van der Waals surface area contributed by atoms with E-state index in [1.54, 1.807) is 11.3 Å². The first-order chi connectivity index (χ1) is 9.69. The number of thiophene rings is 1. The highest BCUT2D eigenvalue weighted by Gasteiger charge is 2.37. The van der Waals surface area contributed by atoms with E-state index in [0.29, 0.717) is 13.0 Å². The average Bonchev–Trinajstić information content (AvgIpc) is 2.97. The van der Waals surface area contributed by atoms with Crippen molar-refractivity contribution in [2.45, 2.75) is 31.8 Å². The van der Waals surface area contributed by atoms with E-state index in [-0.39, 0.29) is 5.91 Å². The molecule has 1 atom stereocenters. The first-order valence-corrected chi connectivity index (χ1v) is 7.70. The molecule has 1 aromatic carbocycles. The molecular weight excluding hydrogens is 268 g/mol. The molecule has 0 fully saturated rings. The molecule has 106 valence electrons. The molecule has 4 heteroatoms. The van der Waals surface area contributed by atoms with E-state index < -0.39 is 5.54 Å². The lowest BCUT2D eigenvalue weighted by atomic mass is 9.84. The third-order valence-corrected chi connectivity index (χ3v) is 4.33. The topological polar surface area (TPSA) is 55.1 Å². The zero-order valence-electron chi connectivity index (χ0n) is 11.6. The van der Waals surface area contributed by atoms with Gasteiger partial charge in [0.25, 0.3) is 0 Å². The van der Waals surface area contributed by atoms with Crippen molar-refractivity contribution in [3.63, 3.8) is 0 Å². The SMILES string of the molecule is CCCC(NCc1cccs1)(C(N)=O)c1ccccc1. The summed E-state index contributed by atoms with van der Waals surface area (Å²) >= 11 is 1.67. The van der Waals surface area contributed by atoms with Gasteiger partial charge in [0.1, 0.15) is 5.54 Å². The van der Waals surface area contributed by atoms with Crippen molar-refractivity contribution in [2.24, 2.45) is 5.73 Å². The Balaban J connectivity index is 2.29. The predicted octanol–water partition coefficient (Wildman–Crippen LogP) is 3.02. The molecule has 0 aliphatic heterocycles. The second-order valence-electron chi connectivity index (χ2n) is 4.82. The Morgan fingerprint density at radius 1 is 1.25 bits per heavy atom. The van der Waals surface area contributed by atoms with Gasteiger partial charge in [0, 0.05) is 11.4 Å². The molecule has 3 N–H and O–H groups in total. The van der Waals surface area contributed by atoms with E-state index in [9.17, 15) is 4.79 Å². The highest BCUT2D eigenvalue weighted by Crippen LogP contribution is 2.27. The first kappa shape index (κ1) is 14.8. The van der Waals surface area contributed by atoms with Crippen LogP contribution in [-0.4, -0.2) is 5.91 Å². The summed E-state index contributed by atoms with van der Waals surface area (Å²) in [7, 11) is 0. The number of primary amides is 1. The van der Waals surface area contributed by atoms with E-state index in [4.69, 9.17) is 5.73 Å². The predicted molar refractivity (Wildman–Crippen MR) is 83.4 cm³/mol. The van der Waals surface area contributed by atoms with Crippen LogP contribution in [0.4, 0.5) is 0 Å². The van der Waals surface area contributed by atoms with Crippen LogP contribution in [0.25, 0.3) is 0 Å². The number of nitrogens with one attached hydrogen (secondary N) is 1. The average molecular weight is 288 g/mol. The van der Waals surface area contributed by atoms with Crippen molar-refractivity contribution in [1.82, 2.24) is 5.32 Å². The second-order valence-corrected chi connectivity index (χ2v) is 5.85. The van der Waals surface area contributed by atoms with Gasteiger partial charge in [0.2, 0.25) is 5.91 Å². The van der Waals surface area contributed by atoms with Gasteiger partial charge in [-0.1, -0.05) is 49.7 Å². The molecule has 2 aromatic rings. The van der Waals surface area contributed by atoms with Crippen LogP contribution in [0.2, 0.25) is 0 Å². The molecule has 3 nitrogen and oxygen atoms in total. The molecule has 0 radical (unpaired) electrons. The molecule has 1 amide bonds. The van der Waals surface area contributed by atoms with Gasteiger partial charge in [-0.05, 0) is 23.4 Å². The smallest absolute Gasteiger partial charge is 0.242 e. The van der Waals surface area contributed by atoms with Crippen LogP contribution in [0.5, 0.6) is 0 Å². The van der Waals surface area contributed by atoms with E-state index in [0.717, 1.165) is 12.0 Å². The summed E-state index contributed by atoms with van der Waals surface area (Å²) in [6.07, 6.45) is 1.58. The quantitative estimate of drug-likeness (QED) is 0.823. The maximum atomic E-state index is 12.1. The number of rotatable bonds is 7. The Kier molecular flexibility index (Phi) is 4.93. The summed E-state index contributed by atoms with van der Waals surface area (Å²) in [5.41, 5.74) is 5.88. The van der Waals surface area contributed by atoms with Gasteiger partial charge in [-0.3, -0.25) is 10.1 Å². The summed E-state index contributed by atoms with van der Waals surface area (Å²) in [5, 5.41) is 5.42. The highest BCUT2D eigenvalue weighted by atomic mass is 32.1. The van der Waals surface area contributed by atoms with Gasteiger partial charge in [0.15, 0.2) is 0 Å². The van der Waals surface area contributed by atoms with Crippen LogP contribution < -0.4 is 11.1 Å². The molecule has 0 aliphatic rings. The Hall–Kier alpha value is -1.65. The van der Waals surface area contributed by atoms with Gasteiger partial charge >= 0.3 is 0 Å². The minimum absolute atomic E-state index is 0.317. The zero-order valence-corrected chi connectivity index (χ0v) is 12.5. The maximum absolute atomic E-state index is 12.1. The van der Waals surface area contributed by atoms with E-state index in [1.807, 2.05) is 41.8 Å². The minimum atomic E-state index is -0.792. The number of nitrogens with two attached hydrogens (primary N) is 1. The summed E-state index contributed by atoms with van der Waals surface area (Å²) < 4.78 is 0. The number of carbonyl (C=O) groups excluding carboxylic acids is 1. The Morgan fingerprint density at radius 3 is 2.55 bits per heavy atom. The van der Waals surface area contributed by atoms with Crippen molar-refractivity contribution in [1.29, 1.82) is 0 Å². The second kappa shape index (κ2) is 6.68. The number of benzene rings is 1. The molecule has 1 aromatic heterocycles. The van der Waals surface area contributed by atoms with E-state index >= 15 is 0 Å². The summed E-state index contributed by atoms with van der Waals surface area (Å²) in [4.78, 5) is 13.3. The Morgan fingerprint density at radius 2 is 2.00 bits per heavy atom. The lowest BCUT2D eigenvalue weighted by molar-refractivity contribution is -0.125. The first-order valence-electron chi connectivity index (χ1n) is 6.82. The zero-order chi connectivity index (χ0) is 14.4.